The molecule has 1 heterocycles. The molecule has 0 radical (unpaired) electrons. The van der Waals surface area contributed by atoms with Crippen molar-refractivity contribution >= 4 is 21.8 Å². The summed E-state index contributed by atoms with van der Waals surface area (Å²) >= 11 is 3.47. The SMILES string of the molecule is CC(C)(C)NC(=O)CN1CCC=C(Br)C1. The largest absolute Gasteiger partial charge is 0.350 e. The van der Waals surface area contributed by atoms with Gasteiger partial charge in [0, 0.05) is 23.1 Å². The van der Waals surface area contributed by atoms with Crippen LogP contribution < -0.4 is 5.32 Å². The summed E-state index contributed by atoms with van der Waals surface area (Å²) in [6.07, 6.45) is 3.18. The van der Waals surface area contributed by atoms with Crippen molar-refractivity contribution in [3.8, 4) is 0 Å². The molecule has 0 saturated heterocycles. The van der Waals surface area contributed by atoms with E-state index in [0.29, 0.717) is 6.54 Å². The second-order valence-corrected chi connectivity index (χ2v) is 5.97. The summed E-state index contributed by atoms with van der Waals surface area (Å²) in [6.45, 7) is 8.29. The quantitative estimate of drug-likeness (QED) is 0.834. The molecule has 0 spiro atoms. The summed E-state index contributed by atoms with van der Waals surface area (Å²) < 4.78 is 1.18. The van der Waals surface area contributed by atoms with E-state index in [1.807, 2.05) is 20.8 Å². The van der Waals surface area contributed by atoms with Crippen LogP contribution in [0.1, 0.15) is 27.2 Å². The van der Waals surface area contributed by atoms with Crippen LogP contribution in [0.2, 0.25) is 0 Å². The fourth-order valence-corrected chi connectivity index (χ4v) is 2.14. The number of nitrogens with zero attached hydrogens (tertiary/aromatic N) is 1. The lowest BCUT2D eigenvalue weighted by molar-refractivity contribution is -0.123. The molecule has 86 valence electrons. The van der Waals surface area contributed by atoms with Crippen LogP contribution in [0, 0.1) is 0 Å². The van der Waals surface area contributed by atoms with Gasteiger partial charge in [-0.25, -0.2) is 0 Å². The number of hydrogen-bond acceptors (Lipinski definition) is 2. The highest BCUT2D eigenvalue weighted by Gasteiger charge is 2.18. The lowest BCUT2D eigenvalue weighted by Gasteiger charge is -2.27. The van der Waals surface area contributed by atoms with Crippen LogP contribution >= 0.6 is 15.9 Å². The maximum Gasteiger partial charge on any atom is 0.234 e. The fourth-order valence-electron chi connectivity index (χ4n) is 1.56. The second-order valence-electron chi connectivity index (χ2n) is 4.95. The Morgan fingerprint density at radius 2 is 2.27 bits per heavy atom. The van der Waals surface area contributed by atoms with E-state index in [-0.39, 0.29) is 11.4 Å². The monoisotopic (exact) mass is 274 g/mol. The first-order valence-electron chi connectivity index (χ1n) is 5.25. The Labute approximate surface area is 100 Å². The van der Waals surface area contributed by atoms with Crippen molar-refractivity contribution in [2.45, 2.75) is 32.7 Å². The van der Waals surface area contributed by atoms with Crippen LogP contribution in [0.3, 0.4) is 0 Å². The molecule has 0 atom stereocenters. The first-order chi connectivity index (χ1) is 6.87. The first-order valence-corrected chi connectivity index (χ1v) is 6.04. The van der Waals surface area contributed by atoms with E-state index in [0.717, 1.165) is 19.5 Å². The van der Waals surface area contributed by atoms with Gasteiger partial charge in [-0.1, -0.05) is 22.0 Å². The highest BCUT2D eigenvalue weighted by molar-refractivity contribution is 9.11. The van der Waals surface area contributed by atoms with E-state index in [1.165, 1.54) is 4.48 Å². The normalized spacial score (nSPS) is 18.5. The molecule has 0 aromatic carbocycles. The summed E-state index contributed by atoms with van der Waals surface area (Å²) in [5.74, 6) is 0.102. The number of carbonyl (C=O) groups excluding carboxylic acids is 1. The lowest BCUT2D eigenvalue weighted by atomic mass is 10.1. The molecule has 0 aliphatic carbocycles. The van der Waals surface area contributed by atoms with Gasteiger partial charge < -0.3 is 5.32 Å². The van der Waals surface area contributed by atoms with Crippen LogP contribution in [0.25, 0.3) is 0 Å². The van der Waals surface area contributed by atoms with Crippen LogP contribution in [0.5, 0.6) is 0 Å². The molecule has 1 N–H and O–H groups in total. The van der Waals surface area contributed by atoms with E-state index in [2.05, 4.69) is 32.2 Å². The second kappa shape index (κ2) is 5.12. The molecule has 0 unspecified atom stereocenters. The molecule has 1 aliphatic heterocycles. The van der Waals surface area contributed by atoms with Gasteiger partial charge in [-0.15, -0.1) is 0 Å². The van der Waals surface area contributed by atoms with Gasteiger partial charge in [0.15, 0.2) is 0 Å². The maximum atomic E-state index is 11.6. The third kappa shape index (κ3) is 5.33. The fraction of sp³-hybridized carbons (Fsp3) is 0.727. The zero-order chi connectivity index (χ0) is 11.5. The Hall–Kier alpha value is -0.350. The molecule has 15 heavy (non-hydrogen) atoms. The molecule has 0 saturated carbocycles. The zero-order valence-electron chi connectivity index (χ0n) is 9.64. The minimum absolute atomic E-state index is 0.102. The maximum absolute atomic E-state index is 11.6. The van der Waals surface area contributed by atoms with Gasteiger partial charge in [0.1, 0.15) is 0 Å². The number of carbonyl (C=O) groups is 1. The highest BCUT2D eigenvalue weighted by Crippen LogP contribution is 2.14. The Morgan fingerprint density at radius 1 is 1.60 bits per heavy atom. The molecule has 1 aliphatic rings. The van der Waals surface area contributed by atoms with Crippen molar-refractivity contribution in [2.75, 3.05) is 19.6 Å². The summed E-state index contributed by atoms with van der Waals surface area (Å²) in [7, 11) is 0. The van der Waals surface area contributed by atoms with Gasteiger partial charge in [-0.3, -0.25) is 9.69 Å². The van der Waals surface area contributed by atoms with E-state index in [4.69, 9.17) is 0 Å². The van der Waals surface area contributed by atoms with Crippen molar-refractivity contribution in [3.63, 3.8) is 0 Å². The van der Waals surface area contributed by atoms with Gasteiger partial charge in [0.05, 0.1) is 6.54 Å². The predicted octanol–water partition coefficient (Wildman–Crippen LogP) is 1.89. The van der Waals surface area contributed by atoms with Crippen LogP contribution in [0.4, 0.5) is 0 Å². The number of nitrogens with one attached hydrogen (secondary N) is 1. The molecular formula is C11H19BrN2O. The van der Waals surface area contributed by atoms with Gasteiger partial charge in [-0.05, 0) is 27.2 Å². The highest BCUT2D eigenvalue weighted by atomic mass is 79.9. The van der Waals surface area contributed by atoms with Gasteiger partial charge in [0.25, 0.3) is 0 Å². The molecule has 1 rings (SSSR count). The topological polar surface area (TPSA) is 32.3 Å². The van der Waals surface area contributed by atoms with E-state index >= 15 is 0 Å². The van der Waals surface area contributed by atoms with Crippen LogP contribution in [-0.2, 0) is 4.79 Å². The van der Waals surface area contributed by atoms with Gasteiger partial charge >= 0.3 is 0 Å². The van der Waals surface area contributed by atoms with Crippen molar-refractivity contribution in [1.82, 2.24) is 10.2 Å². The lowest BCUT2D eigenvalue weighted by Crippen LogP contribution is -2.46. The summed E-state index contributed by atoms with van der Waals surface area (Å²) in [5, 5.41) is 2.97. The molecule has 3 nitrogen and oxygen atoms in total. The van der Waals surface area contributed by atoms with Crippen molar-refractivity contribution in [3.05, 3.63) is 10.6 Å². The van der Waals surface area contributed by atoms with Crippen LogP contribution in [-0.4, -0.2) is 36.0 Å². The van der Waals surface area contributed by atoms with Gasteiger partial charge in [0.2, 0.25) is 5.91 Å². The minimum atomic E-state index is -0.139. The minimum Gasteiger partial charge on any atom is -0.350 e. The Morgan fingerprint density at radius 3 is 2.80 bits per heavy atom. The molecular weight excluding hydrogens is 256 g/mol. The molecule has 0 aromatic heterocycles. The molecule has 0 fully saturated rings. The average Bonchev–Trinajstić information content (AvgIpc) is 1.99. The van der Waals surface area contributed by atoms with E-state index < -0.39 is 0 Å². The Bertz CT molecular complexity index is 268. The van der Waals surface area contributed by atoms with Crippen molar-refractivity contribution < 1.29 is 4.79 Å². The van der Waals surface area contributed by atoms with E-state index in [1.54, 1.807) is 0 Å². The number of hydrogen-bond donors (Lipinski definition) is 1. The summed E-state index contributed by atoms with van der Waals surface area (Å²) in [5.41, 5.74) is -0.139. The Kier molecular flexibility index (Phi) is 4.34. The molecule has 4 heteroatoms. The van der Waals surface area contributed by atoms with E-state index in [9.17, 15) is 4.79 Å². The Balaban J connectivity index is 2.36. The van der Waals surface area contributed by atoms with Crippen molar-refractivity contribution in [2.24, 2.45) is 0 Å². The molecule has 1 amide bonds. The predicted molar refractivity (Wildman–Crippen MR) is 66.0 cm³/mol. The number of rotatable bonds is 2. The standard InChI is InChI=1S/C11H19BrN2O/c1-11(2,3)13-10(15)8-14-6-4-5-9(12)7-14/h5H,4,6-8H2,1-3H3,(H,13,15). The number of amides is 1. The summed E-state index contributed by atoms with van der Waals surface area (Å²) in [6, 6.07) is 0. The van der Waals surface area contributed by atoms with Crippen molar-refractivity contribution in [1.29, 1.82) is 0 Å². The third-order valence-electron chi connectivity index (χ3n) is 2.07. The van der Waals surface area contributed by atoms with Crippen LogP contribution in [0.15, 0.2) is 10.6 Å². The van der Waals surface area contributed by atoms with Gasteiger partial charge in [-0.2, -0.15) is 0 Å². The first kappa shape index (κ1) is 12.7. The summed E-state index contributed by atoms with van der Waals surface area (Å²) in [4.78, 5) is 13.8. The zero-order valence-corrected chi connectivity index (χ0v) is 11.2. The average molecular weight is 275 g/mol. The number of halogens is 1. The third-order valence-corrected chi connectivity index (χ3v) is 2.64. The molecule has 0 bridgehead atoms. The molecule has 0 aromatic rings. The smallest absolute Gasteiger partial charge is 0.234 e.